The lowest BCUT2D eigenvalue weighted by Crippen LogP contribution is -2.57. The molecule has 30 heavy (non-hydrogen) atoms. The molecule has 2 saturated heterocycles. The molecule has 0 aromatic heterocycles. The van der Waals surface area contributed by atoms with Gasteiger partial charge in [-0.15, -0.1) is 0 Å². The Morgan fingerprint density at radius 1 is 1.13 bits per heavy atom. The number of hydrogen-bond acceptors (Lipinski definition) is 6. The van der Waals surface area contributed by atoms with Crippen LogP contribution in [-0.4, -0.2) is 51.9 Å². The first-order chi connectivity index (χ1) is 14.1. The number of fused-ring (bicyclic) bond motifs is 1. The highest BCUT2D eigenvalue weighted by molar-refractivity contribution is 6.74. The molecule has 2 aliphatic heterocycles. The molecule has 1 aromatic carbocycles. The van der Waals surface area contributed by atoms with Crippen LogP contribution in [0.25, 0.3) is 0 Å². The van der Waals surface area contributed by atoms with Gasteiger partial charge in [-0.05, 0) is 25.1 Å². The van der Waals surface area contributed by atoms with Crippen molar-refractivity contribution in [3.63, 3.8) is 0 Å². The third-order valence-corrected chi connectivity index (χ3v) is 10.9. The van der Waals surface area contributed by atoms with Crippen LogP contribution >= 0.6 is 0 Å². The minimum atomic E-state index is -2.06. The summed E-state index contributed by atoms with van der Waals surface area (Å²) >= 11 is 0. The van der Waals surface area contributed by atoms with Crippen LogP contribution < -0.4 is 0 Å². The van der Waals surface area contributed by atoms with Crippen LogP contribution in [0.15, 0.2) is 30.3 Å². The maximum atomic E-state index is 12.2. The lowest BCUT2D eigenvalue weighted by Gasteiger charge is -2.48. The van der Waals surface area contributed by atoms with E-state index in [4.69, 9.17) is 23.4 Å². The first-order valence-electron chi connectivity index (χ1n) is 10.9. The second-order valence-electron chi connectivity index (χ2n) is 9.62. The van der Waals surface area contributed by atoms with Gasteiger partial charge in [0.05, 0.1) is 37.9 Å². The van der Waals surface area contributed by atoms with Gasteiger partial charge in [0.25, 0.3) is 0 Å². The van der Waals surface area contributed by atoms with Crippen LogP contribution in [0.1, 0.15) is 52.4 Å². The molecule has 2 fully saturated rings. The summed E-state index contributed by atoms with van der Waals surface area (Å²) in [6, 6.07) is 9.93. The van der Waals surface area contributed by atoms with E-state index in [1.165, 1.54) is 0 Å². The summed E-state index contributed by atoms with van der Waals surface area (Å²) in [5.74, 6) is -0.260. The van der Waals surface area contributed by atoms with Crippen molar-refractivity contribution >= 4 is 14.3 Å². The number of hydrogen-bond donors (Lipinski definition) is 0. The van der Waals surface area contributed by atoms with E-state index < -0.39 is 14.6 Å². The Morgan fingerprint density at radius 2 is 1.83 bits per heavy atom. The summed E-state index contributed by atoms with van der Waals surface area (Å²) < 4.78 is 30.4. The molecule has 168 valence electrons. The Morgan fingerprint density at radius 3 is 2.47 bits per heavy atom. The quantitative estimate of drug-likeness (QED) is 0.480. The summed E-state index contributed by atoms with van der Waals surface area (Å²) in [5.41, 5.74) is 0.992. The summed E-state index contributed by atoms with van der Waals surface area (Å²) in [6.45, 7) is 13.7. The van der Waals surface area contributed by atoms with Gasteiger partial charge in [0, 0.05) is 12.0 Å². The predicted molar refractivity (Wildman–Crippen MR) is 117 cm³/mol. The molecule has 1 aromatic rings. The molecule has 0 amide bonds. The van der Waals surface area contributed by atoms with Gasteiger partial charge in [-0.2, -0.15) is 0 Å². The van der Waals surface area contributed by atoms with Crippen LogP contribution in [0.3, 0.4) is 0 Å². The van der Waals surface area contributed by atoms with Crippen LogP contribution in [-0.2, 0) is 28.2 Å². The molecule has 0 spiro atoms. The van der Waals surface area contributed by atoms with Gasteiger partial charge in [-0.1, -0.05) is 51.1 Å². The van der Waals surface area contributed by atoms with Crippen LogP contribution in [0.2, 0.25) is 18.1 Å². The minimum absolute atomic E-state index is 0.0570. The van der Waals surface area contributed by atoms with Crippen molar-refractivity contribution in [3.05, 3.63) is 35.9 Å². The Bertz CT molecular complexity index is 701. The summed E-state index contributed by atoms with van der Waals surface area (Å²) in [6.07, 6.45) is -0.496. The van der Waals surface area contributed by atoms with Crippen molar-refractivity contribution in [3.8, 4) is 0 Å². The second-order valence-corrected chi connectivity index (χ2v) is 14.4. The fraction of sp³-hybridized carbons (Fsp3) is 0.696. The maximum Gasteiger partial charge on any atom is 0.308 e. The van der Waals surface area contributed by atoms with Crippen molar-refractivity contribution in [2.75, 3.05) is 13.2 Å². The van der Waals surface area contributed by atoms with Crippen LogP contribution in [0.4, 0.5) is 0 Å². The zero-order valence-electron chi connectivity index (χ0n) is 19.1. The fourth-order valence-corrected chi connectivity index (χ4v) is 4.99. The topological polar surface area (TPSA) is 63.2 Å². The highest BCUT2D eigenvalue weighted by Crippen LogP contribution is 2.41. The van der Waals surface area contributed by atoms with Gasteiger partial charge in [-0.25, -0.2) is 0 Å². The molecule has 7 heteroatoms. The highest BCUT2D eigenvalue weighted by Gasteiger charge is 2.48. The first kappa shape index (κ1) is 23.4. The number of ether oxygens (including phenoxy) is 4. The lowest BCUT2D eigenvalue weighted by atomic mass is 9.95. The minimum Gasteiger partial charge on any atom is -0.466 e. The molecule has 0 saturated carbocycles. The van der Waals surface area contributed by atoms with E-state index in [2.05, 4.69) is 33.9 Å². The molecule has 2 heterocycles. The molecule has 2 aliphatic rings. The highest BCUT2D eigenvalue weighted by atomic mass is 28.4. The monoisotopic (exact) mass is 436 g/mol. The van der Waals surface area contributed by atoms with E-state index in [9.17, 15) is 4.79 Å². The number of benzene rings is 1. The van der Waals surface area contributed by atoms with Gasteiger partial charge < -0.3 is 23.4 Å². The van der Waals surface area contributed by atoms with Crippen molar-refractivity contribution in [2.45, 2.75) is 89.4 Å². The molecular weight excluding hydrogens is 400 g/mol. The first-order valence-corrected chi connectivity index (χ1v) is 13.8. The van der Waals surface area contributed by atoms with E-state index in [1.807, 2.05) is 37.3 Å². The number of carbonyl (C=O) groups excluding carboxylic acids is 1. The Hall–Kier alpha value is -1.25. The zero-order valence-corrected chi connectivity index (χ0v) is 20.1. The van der Waals surface area contributed by atoms with E-state index in [1.54, 1.807) is 0 Å². The van der Waals surface area contributed by atoms with Crippen LogP contribution in [0, 0.1) is 0 Å². The molecule has 0 N–H and O–H groups in total. The van der Waals surface area contributed by atoms with E-state index >= 15 is 0 Å². The normalized spacial score (nSPS) is 29.9. The van der Waals surface area contributed by atoms with Gasteiger partial charge in [-0.3, -0.25) is 4.79 Å². The molecule has 0 aliphatic carbocycles. The molecule has 0 bridgehead atoms. The van der Waals surface area contributed by atoms with Gasteiger partial charge in [0.2, 0.25) is 0 Å². The molecule has 3 rings (SSSR count). The van der Waals surface area contributed by atoms with Gasteiger partial charge in [0.1, 0.15) is 6.10 Å². The molecule has 5 atom stereocenters. The van der Waals surface area contributed by atoms with Crippen LogP contribution in [0.5, 0.6) is 0 Å². The fourth-order valence-electron chi connectivity index (χ4n) is 3.63. The lowest BCUT2D eigenvalue weighted by molar-refractivity contribution is -0.300. The largest absolute Gasteiger partial charge is 0.466 e. The summed E-state index contributed by atoms with van der Waals surface area (Å²) in [7, 11) is -2.06. The zero-order chi connectivity index (χ0) is 21.9. The molecule has 6 nitrogen and oxygen atoms in total. The average Bonchev–Trinajstić information content (AvgIpc) is 2.68. The predicted octanol–water partition coefficient (Wildman–Crippen LogP) is 4.60. The van der Waals surface area contributed by atoms with Crippen molar-refractivity contribution in [1.82, 2.24) is 0 Å². The Balaban J connectivity index is 1.75. The van der Waals surface area contributed by atoms with E-state index in [-0.39, 0.29) is 41.8 Å². The second kappa shape index (κ2) is 9.49. The SMILES string of the molecule is CCOC(=O)C[C@@H]1O[C@@H]2COC(c3ccccc3)O[C@H]2C[C@H]1O[Si](C)(C)C(C)(C)C. The Kier molecular flexibility index (Phi) is 7.40. The van der Waals surface area contributed by atoms with Crippen molar-refractivity contribution < 1.29 is 28.2 Å². The molecular formula is C23H36O6Si. The third-order valence-electron chi connectivity index (χ3n) is 6.35. The smallest absolute Gasteiger partial charge is 0.308 e. The summed E-state index contributed by atoms with van der Waals surface area (Å²) in [5, 5.41) is 0.0570. The van der Waals surface area contributed by atoms with E-state index in [0.29, 0.717) is 19.6 Å². The summed E-state index contributed by atoms with van der Waals surface area (Å²) in [4.78, 5) is 12.2. The molecule has 0 radical (unpaired) electrons. The Labute approximate surface area is 181 Å². The van der Waals surface area contributed by atoms with Crippen molar-refractivity contribution in [2.24, 2.45) is 0 Å². The maximum absolute atomic E-state index is 12.2. The average molecular weight is 437 g/mol. The number of carbonyl (C=O) groups is 1. The number of rotatable bonds is 6. The standard InChI is InChI=1S/C23H36O6Si/c1-7-25-21(24)14-18-19(29-30(5,6)23(2,3)4)13-17-20(27-18)15-26-22(28-17)16-11-9-8-10-12-16/h8-12,17-20,22H,7,13-15H2,1-6H3/t17-,18-,19+,20+,22?/m0/s1. The van der Waals surface area contributed by atoms with E-state index in [0.717, 1.165) is 5.56 Å². The molecule has 1 unspecified atom stereocenters. The van der Waals surface area contributed by atoms with Gasteiger partial charge >= 0.3 is 5.97 Å². The van der Waals surface area contributed by atoms with Crippen molar-refractivity contribution in [1.29, 1.82) is 0 Å². The van der Waals surface area contributed by atoms with Gasteiger partial charge in [0.15, 0.2) is 14.6 Å². The number of esters is 1. The third kappa shape index (κ3) is 5.51.